The molecular weight excluding hydrogens is 462 g/mol. The van der Waals surface area contributed by atoms with Gasteiger partial charge < -0.3 is 21.2 Å². The van der Waals surface area contributed by atoms with E-state index >= 15 is 0 Å². The fourth-order valence-corrected chi connectivity index (χ4v) is 5.00. The summed E-state index contributed by atoms with van der Waals surface area (Å²) in [5.41, 5.74) is 4.84. The number of hydrazine groups is 1. The molecule has 3 aromatic rings. The van der Waals surface area contributed by atoms with Gasteiger partial charge in [0.1, 0.15) is 17.5 Å². The summed E-state index contributed by atoms with van der Waals surface area (Å²) in [5, 5.41) is 14.0. The number of amides is 1. The molecule has 0 bridgehead atoms. The van der Waals surface area contributed by atoms with Crippen molar-refractivity contribution >= 4 is 23.5 Å². The number of nitrogens with zero attached hydrogens (tertiary/aromatic N) is 3. The van der Waals surface area contributed by atoms with Gasteiger partial charge in [-0.1, -0.05) is 60.3 Å². The van der Waals surface area contributed by atoms with Gasteiger partial charge in [0.25, 0.3) is 11.5 Å². The molecule has 35 heavy (non-hydrogen) atoms. The number of amidine groups is 1. The van der Waals surface area contributed by atoms with Gasteiger partial charge in [-0.05, 0) is 35.6 Å². The van der Waals surface area contributed by atoms with Gasteiger partial charge in [-0.15, -0.1) is 0 Å². The highest BCUT2D eigenvalue weighted by Gasteiger charge is 2.29. The summed E-state index contributed by atoms with van der Waals surface area (Å²) in [4.78, 5) is 31.2. The number of likely N-dealkylation sites (tertiary alicyclic amines) is 1. The number of rotatable bonds is 6. The van der Waals surface area contributed by atoms with E-state index < -0.39 is 5.56 Å². The topological polar surface area (TPSA) is 153 Å². The number of hydrogen-bond donors (Lipinski definition) is 4. The number of hydrazone groups is 1. The molecule has 1 aromatic heterocycles. The third-order valence-electron chi connectivity index (χ3n) is 5.83. The molecule has 0 aliphatic carbocycles. The number of nitrogens with one attached hydrogen (secondary N) is 2. The third kappa shape index (κ3) is 5.06. The van der Waals surface area contributed by atoms with Crippen LogP contribution in [-0.4, -0.2) is 40.5 Å². The first-order chi connectivity index (χ1) is 17.1. The monoisotopic (exact) mass is 487 g/mol. The third-order valence-corrected chi connectivity index (χ3v) is 6.85. The maximum Gasteiger partial charge on any atom is 0.262 e. The number of nitriles is 1. The average molecular weight is 488 g/mol. The molecule has 9 nitrogen and oxygen atoms in total. The molecule has 0 radical (unpaired) electrons. The highest BCUT2D eigenvalue weighted by atomic mass is 32.2. The van der Waals surface area contributed by atoms with Crippen LogP contribution in [0.4, 0.5) is 0 Å². The van der Waals surface area contributed by atoms with Crippen molar-refractivity contribution in [1.82, 2.24) is 15.3 Å². The molecule has 0 unspecified atom stereocenters. The number of carbonyl (C=O) groups is 1. The molecule has 0 saturated carbocycles. The number of H-pyrrole nitrogens is 1. The van der Waals surface area contributed by atoms with Gasteiger partial charge in [0.05, 0.1) is 16.3 Å². The zero-order chi connectivity index (χ0) is 24.8. The Morgan fingerprint density at radius 2 is 1.80 bits per heavy atom. The van der Waals surface area contributed by atoms with Crippen molar-refractivity contribution in [1.29, 1.82) is 5.26 Å². The maximum atomic E-state index is 13.5. The molecule has 178 valence electrons. The first-order valence-electron chi connectivity index (χ1n) is 11.1. The molecule has 1 fully saturated rings. The summed E-state index contributed by atoms with van der Waals surface area (Å²) in [7, 11) is 0. The van der Waals surface area contributed by atoms with Crippen molar-refractivity contribution in [3.8, 4) is 28.3 Å². The van der Waals surface area contributed by atoms with Crippen molar-refractivity contribution in [2.45, 2.75) is 17.9 Å². The molecular formula is C25H25N7O2S. The molecule has 6 N–H and O–H groups in total. The normalized spacial score (nSPS) is 13.5. The summed E-state index contributed by atoms with van der Waals surface area (Å²) in [6.07, 6.45) is 1.77. The van der Waals surface area contributed by atoms with E-state index in [1.165, 1.54) is 0 Å². The lowest BCUT2D eigenvalue weighted by molar-refractivity contribution is 0.0791. The molecule has 1 aliphatic heterocycles. The zero-order valence-electron chi connectivity index (χ0n) is 19.0. The van der Waals surface area contributed by atoms with Gasteiger partial charge in [-0.25, -0.2) is 5.84 Å². The van der Waals surface area contributed by atoms with Gasteiger partial charge in [-0.3, -0.25) is 9.59 Å². The predicted molar refractivity (Wildman–Crippen MR) is 137 cm³/mol. The van der Waals surface area contributed by atoms with Crippen LogP contribution in [0.5, 0.6) is 0 Å². The SMILES string of the molecule is N#Cc1c(SC/C(=N/N)NN)[nH]c(=O)c(C(=O)N2CCCC2)c1-c1cccc(-c2ccccc2)c1. The van der Waals surface area contributed by atoms with E-state index in [9.17, 15) is 14.9 Å². The quantitative estimate of drug-likeness (QED) is 0.137. The largest absolute Gasteiger partial charge is 0.338 e. The number of nitrogens with two attached hydrogens (primary N) is 2. The van der Waals surface area contributed by atoms with Gasteiger partial charge in [-0.2, -0.15) is 10.4 Å². The number of aromatic amines is 1. The van der Waals surface area contributed by atoms with Gasteiger partial charge >= 0.3 is 0 Å². The average Bonchev–Trinajstić information content (AvgIpc) is 3.44. The Bertz CT molecular complexity index is 1360. The second-order valence-corrected chi connectivity index (χ2v) is 8.96. The van der Waals surface area contributed by atoms with Crippen molar-refractivity contribution in [3.63, 3.8) is 0 Å². The van der Waals surface area contributed by atoms with Gasteiger partial charge in [0.2, 0.25) is 0 Å². The fourth-order valence-electron chi connectivity index (χ4n) is 4.11. The van der Waals surface area contributed by atoms with E-state index in [1.54, 1.807) is 4.90 Å². The smallest absolute Gasteiger partial charge is 0.262 e. The molecule has 4 rings (SSSR count). The fraction of sp³-hybridized carbons (Fsp3) is 0.200. The minimum atomic E-state index is -0.546. The summed E-state index contributed by atoms with van der Waals surface area (Å²) in [6.45, 7) is 1.16. The van der Waals surface area contributed by atoms with Crippen molar-refractivity contribution in [2.24, 2.45) is 16.8 Å². The minimum absolute atomic E-state index is 0.0253. The van der Waals surface area contributed by atoms with E-state index in [-0.39, 0.29) is 28.6 Å². The number of thioether (sulfide) groups is 1. The number of carbonyl (C=O) groups excluding carboxylic acids is 1. The molecule has 2 heterocycles. The van der Waals surface area contributed by atoms with E-state index in [4.69, 9.17) is 11.7 Å². The number of benzene rings is 2. The lowest BCUT2D eigenvalue weighted by Gasteiger charge is -2.19. The van der Waals surface area contributed by atoms with Crippen LogP contribution in [0.25, 0.3) is 22.3 Å². The van der Waals surface area contributed by atoms with Crippen molar-refractivity contribution in [3.05, 3.63) is 76.1 Å². The van der Waals surface area contributed by atoms with Crippen LogP contribution in [0.2, 0.25) is 0 Å². The molecule has 2 aromatic carbocycles. The van der Waals surface area contributed by atoms with Gasteiger partial charge in [0.15, 0.2) is 0 Å². The molecule has 0 spiro atoms. The number of hydrogen-bond acceptors (Lipinski definition) is 7. The standard InChI is InChI=1S/C25H25N7O2S/c26-14-19-21(18-10-6-9-17(13-18)16-7-2-1-3-8-16)22(25(34)32-11-4-5-12-32)23(33)29-24(19)35-15-20(30-27)31-28/h1-3,6-10,13H,4-5,11-12,15,27-28H2,(H,29,33)(H,30,31). The lowest BCUT2D eigenvalue weighted by atomic mass is 9.93. The van der Waals surface area contributed by atoms with Crippen molar-refractivity contribution < 1.29 is 4.79 Å². The Labute approximate surface area is 206 Å². The number of aromatic nitrogens is 1. The minimum Gasteiger partial charge on any atom is -0.338 e. The van der Waals surface area contributed by atoms with Crippen LogP contribution < -0.4 is 22.7 Å². The van der Waals surface area contributed by atoms with Crippen LogP contribution in [0.3, 0.4) is 0 Å². The van der Waals surface area contributed by atoms with Crippen LogP contribution in [0.15, 0.2) is 69.5 Å². The Morgan fingerprint density at radius 1 is 1.11 bits per heavy atom. The van der Waals surface area contributed by atoms with Crippen LogP contribution in [-0.2, 0) is 0 Å². The first-order valence-corrected chi connectivity index (χ1v) is 12.1. The zero-order valence-corrected chi connectivity index (χ0v) is 19.8. The summed E-state index contributed by atoms with van der Waals surface area (Å²) in [5.74, 6) is 10.8. The predicted octanol–water partition coefficient (Wildman–Crippen LogP) is 2.64. The van der Waals surface area contributed by atoms with Gasteiger partial charge in [0, 0.05) is 18.7 Å². The molecule has 1 saturated heterocycles. The van der Waals surface area contributed by atoms with E-state index in [1.807, 2.05) is 54.6 Å². The second kappa shape index (κ2) is 10.9. The summed E-state index contributed by atoms with van der Waals surface area (Å²) < 4.78 is 0. The van der Waals surface area contributed by atoms with E-state index in [0.717, 1.165) is 35.7 Å². The van der Waals surface area contributed by atoms with E-state index in [2.05, 4.69) is 21.6 Å². The highest BCUT2D eigenvalue weighted by molar-refractivity contribution is 8.00. The van der Waals surface area contributed by atoms with Crippen LogP contribution >= 0.6 is 11.8 Å². The maximum absolute atomic E-state index is 13.5. The van der Waals surface area contributed by atoms with Crippen molar-refractivity contribution in [2.75, 3.05) is 18.8 Å². The first kappa shape index (κ1) is 24.1. The second-order valence-electron chi connectivity index (χ2n) is 7.97. The Kier molecular flexibility index (Phi) is 7.50. The summed E-state index contributed by atoms with van der Waals surface area (Å²) >= 11 is 1.15. The highest BCUT2D eigenvalue weighted by Crippen LogP contribution is 2.34. The van der Waals surface area contributed by atoms with E-state index in [0.29, 0.717) is 29.2 Å². The Morgan fingerprint density at radius 3 is 2.46 bits per heavy atom. The lowest BCUT2D eigenvalue weighted by Crippen LogP contribution is -2.34. The molecule has 10 heteroatoms. The molecule has 1 amide bonds. The Balaban J connectivity index is 1.91. The molecule has 1 aliphatic rings. The van der Waals surface area contributed by atoms with Crippen LogP contribution in [0, 0.1) is 11.3 Å². The molecule has 0 atom stereocenters. The summed E-state index contributed by atoms with van der Waals surface area (Å²) in [6, 6.07) is 19.5. The van der Waals surface area contributed by atoms with Crippen LogP contribution in [0.1, 0.15) is 28.8 Å². The Hall–Kier alpha value is -4.07. The number of pyridine rings is 1.